The summed E-state index contributed by atoms with van der Waals surface area (Å²) in [7, 11) is -3.13. The molecule has 0 aromatic carbocycles. The molecule has 2 aliphatic rings. The van der Waals surface area contributed by atoms with E-state index >= 15 is 0 Å². The fourth-order valence-corrected chi connectivity index (χ4v) is 6.39. The van der Waals surface area contributed by atoms with Crippen LogP contribution in [0.5, 0.6) is 0 Å². The summed E-state index contributed by atoms with van der Waals surface area (Å²) < 4.78 is 27.8. The zero-order valence-corrected chi connectivity index (χ0v) is 14.1. The first-order valence-electron chi connectivity index (χ1n) is 7.63. The van der Waals surface area contributed by atoms with Crippen molar-refractivity contribution >= 4 is 26.0 Å². The summed E-state index contributed by atoms with van der Waals surface area (Å²) in [5.74, 6) is 0.712. The first-order chi connectivity index (χ1) is 9.05. The molecule has 0 aliphatic heterocycles. The third-order valence-corrected chi connectivity index (χ3v) is 7.35. The minimum Gasteiger partial charge on any atom is -0.212 e. The van der Waals surface area contributed by atoms with Crippen molar-refractivity contribution < 1.29 is 8.42 Å². The highest BCUT2D eigenvalue weighted by Crippen LogP contribution is 2.31. The van der Waals surface area contributed by atoms with Crippen LogP contribution in [0.4, 0.5) is 0 Å². The Morgan fingerprint density at radius 1 is 1.00 bits per heavy atom. The van der Waals surface area contributed by atoms with Gasteiger partial charge in [0, 0.05) is 10.9 Å². The van der Waals surface area contributed by atoms with Gasteiger partial charge in [0.05, 0.1) is 5.75 Å². The van der Waals surface area contributed by atoms with E-state index in [0.29, 0.717) is 11.7 Å². The number of rotatable bonds is 5. The third-order valence-electron chi connectivity index (χ3n) is 4.62. The molecule has 0 aromatic rings. The van der Waals surface area contributed by atoms with Crippen molar-refractivity contribution in [1.29, 1.82) is 0 Å². The van der Waals surface area contributed by atoms with Gasteiger partial charge in [0.2, 0.25) is 10.0 Å². The van der Waals surface area contributed by atoms with Crippen molar-refractivity contribution in [2.75, 3.05) is 11.1 Å². The lowest BCUT2D eigenvalue weighted by atomic mass is 9.84. The number of nitrogens with one attached hydrogen (secondary N) is 1. The Hall–Kier alpha value is 0.390. The summed E-state index contributed by atoms with van der Waals surface area (Å²) in [6, 6.07) is 0. The van der Waals surface area contributed by atoms with Crippen molar-refractivity contribution in [3.8, 4) is 0 Å². The normalized spacial score (nSPS) is 25.3. The van der Waals surface area contributed by atoms with Gasteiger partial charge in [-0.05, 0) is 31.6 Å². The van der Waals surface area contributed by atoms with Crippen LogP contribution in [0, 0.1) is 5.92 Å². The molecule has 3 nitrogen and oxygen atoms in total. The van der Waals surface area contributed by atoms with Crippen LogP contribution in [0.2, 0.25) is 0 Å². The Morgan fingerprint density at radius 2 is 1.58 bits per heavy atom. The summed E-state index contributed by atoms with van der Waals surface area (Å²) in [6.07, 6.45) is 11.3. The molecule has 0 radical (unpaired) electrons. The average Bonchev–Trinajstić information content (AvgIpc) is 2.40. The molecular formula is C14H26BrNO2S. The minimum atomic E-state index is -3.13. The van der Waals surface area contributed by atoms with Gasteiger partial charge in [-0.3, -0.25) is 0 Å². The lowest BCUT2D eigenvalue weighted by molar-refractivity contribution is 0.299. The van der Waals surface area contributed by atoms with Gasteiger partial charge in [-0.2, -0.15) is 0 Å². The smallest absolute Gasteiger partial charge is 0.212 e. The standard InChI is InChI=1S/C14H26BrNO2S/c15-12-14(9-5-2-6-10-14)16-19(17,18)11-13-7-3-1-4-8-13/h13,16H,1-12H2. The van der Waals surface area contributed by atoms with Crippen LogP contribution in [0.1, 0.15) is 64.2 Å². The summed E-state index contributed by atoms with van der Waals surface area (Å²) >= 11 is 3.52. The Labute approximate surface area is 126 Å². The van der Waals surface area contributed by atoms with Gasteiger partial charge in [-0.25, -0.2) is 13.1 Å². The SMILES string of the molecule is O=S(=O)(CC1CCCCC1)NC1(CBr)CCCCC1. The topological polar surface area (TPSA) is 46.2 Å². The largest absolute Gasteiger partial charge is 0.212 e. The molecule has 2 rings (SSSR count). The molecule has 0 atom stereocenters. The highest BCUT2D eigenvalue weighted by Gasteiger charge is 2.35. The van der Waals surface area contributed by atoms with E-state index in [1.807, 2.05) is 0 Å². The van der Waals surface area contributed by atoms with E-state index in [2.05, 4.69) is 20.7 Å². The predicted octanol–water partition coefficient (Wildman–Crippen LogP) is 3.58. The predicted molar refractivity (Wildman–Crippen MR) is 83.1 cm³/mol. The third kappa shape index (κ3) is 4.71. The molecule has 0 heterocycles. The van der Waals surface area contributed by atoms with Crippen LogP contribution in [0.3, 0.4) is 0 Å². The highest BCUT2D eigenvalue weighted by atomic mass is 79.9. The van der Waals surface area contributed by atoms with Crippen LogP contribution < -0.4 is 4.72 Å². The lowest BCUT2D eigenvalue weighted by Crippen LogP contribution is -2.52. The van der Waals surface area contributed by atoms with Crippen LogP contribution >= 0.6 is 15.9 Å². The van der Waals surface area contributed by atoms with E-state index in [1.165, 1.54) is 25.7 Å². The van der Waals surface area contributed by atoms with Crippen molar-refractivity contribution in [2.45, 2.75) is 69.7 Å². The minimum absolute atomic E-state index is 0.217. The molecular weight excluding hydrogens is 326 g/mol. The molecule has 0 unspecified atom stereocenters. The Bertz CT molecular complexity index is 371. The zero-order chi connectivity index (χ0) is 13.8. The van der Waals surface area contributed by atoms with E-state index in [0.717, 1.165) is 43.9 Å². The Kier molecular flexibility index (Phi) is 5.73. The van der Waals surface area contributed by atoms with Gasteiger partial charge in [-0.15, -0.1) is 0 Å². The first kappa shape index (κ1) is 15.8. The Morgan fingerprint density at radius 3 is 2.16 bits per heavy atom. The fraction of sp³-hybridized carbons (Fsp3) is 1.00. The maximum atomic E-state index is 12.4. The second-order valence-electron chi connectivity index (χ2n) is 6.36. The van der Waals surface area contributed by atoms with E-state index in [4.69, 9.17) is 0 Å². The van der Waals surface area contributed by atoms with Crippen LogP contribution in [-0.2, 0) is 10.0 Å². The lowest BCUT2D eigenvalue weighted by Gasteiger charge is -2.36. The Balaban J connectivity index is 1.94. The van der Waals surface area contributed by atoms with Crippen molar-refractivity contribution in [3.63, 3.8) is 0 Å². The summed E-state index contributed by atoms with van der Waals surface area (Å²) in [5, 5.41) is 0.740. The molecule has 2 saturated carbocycles. The summed E-state index contributed by atoms with van der Waals surface area (Å²) in [6.45, 7) is 0. The molecule has 19 heavy (non-hydrogen) atoms. The van der Waals surface area contributed by atoms with Gasteiger partial charge in [0.15, 0.2) is 0 Å². The summed E-state index contributed by atoms with van der Waals surface area (Å²) in [4.78, 5) is 0. The number of sulfonamides is 1. The second-order valence-corrected chi connectivity index (χ2v) is 8.69. The molecule has 0 amide bonds. The van der Waals surface area contributed by atoms with Crippen molar-refractivity contribution in [1.82, 2.24) is 4.72 Å². The first-order valence-corrected chi connectivity index (χ1v) is 10.4. The van der Waals surface area contributed by atoms with Gasteiger partial charge in [-0.1, -0.05) is 54.5 Å². The van der Waals surface area contributed by atoms with E-state index in [1.54, 1.807) is 0 Å². The molecule has 112 valence electrons. The fourth-order valence-electron chi connectivity index (χ4n) is 3.53. The maximum Gasteiger partial charge on any atom is 0.212 e. The average molecular weight is 352 g/mol. The molecule has 0 bridgehead atoms. The molecule has 2 aliphatic carbocycles. The van der Waals surface area contributed by atoms with Crippen LogP contribution in [0.25, 0.3) is 0 Å². The molecule has 2 fully saturated rings. The summed E-state index contributed by atoms with van der Waals surface area (Å²) in [5.41, 5.74) is -0.217. The quantitative estimate of drug-likeness (QED) is 0.769. The van der Waals surface area contributed by atoms with Crippen LogP contribution in [0.15, 0.2) is 0 Å². The van der Waals surface area contributed by atoms with Crippen LogP contribution in [-0.4, -0.2) is 25.0 Å². The van der Waals surface area contributed by atoms with Crippen molar-refractivity contribution in [3.05, 3.63) is 0 Å². The van der Waals surface area contributed by atoms with E-state index < -0.39 is 10.0 Å². The molecule has 5 heteroatoms. The van der Waals surface area contributed by atoms with E-state index in [9.17, 15) is 8.42 Å². The second kappa shape index (κ2) is 6.90. The van der Waals surface area contributed by atoms with Gasteiger partial charge in [0.1, 0.15) is 0 Å². The molecule has 1 N–H and O–H groups in total. The van der Waals surface area contributed by atoms with E-state index in [-0.39, 0.29) is 5.54 Å². The zero-order valence-electron chi connectivity index (χ0n) is 11.7. The molecule has 0 saturated heterocycles. The number of halogens is 1. The highest BCUT2D eigenvalue weighted by molar-refractivity contribution is 9.09. The van der Waals surface area contributed by atoms with Gasteiger partial charge in [0.25, 0.3) is 0 Å². The number of hydrogen-bond donors (Lipinski definition) is 1. The monoisotopic (exact) mass is 351 g/mol. The number of alkyl halides is 1. The number of hydrogen-bond acceptors (Lipinski definition) is 2. The van der Waals surface area contributed by atoms with Gasteiger partial charge >= 0.3 is 0 Å². The maximum absolute atomic E-state index is 12.4. The molecule has 0 spiro atoms. The van der Waals surface area contributed by atoms with Gasteiger partial charge < -0.3 is 0 Å². The van der Waals surface area contributed by atoms with Crippen molar-refractivity contribution in [2.24, 2.45) is 5.92 Å². The molecule has 0 aromatic heterocycles.